The zero-order valence-corrected chi connectivity index (χ0v) is 15.9. The van der Waals surface area contributed by atoms with Gasteiger partial charge in [-0.2, -0.15) is 0 Å². The van der Waals surface area contributed by atoms with Gasteiger partial charge >= 0.3 is 0 Å². The molecule has 6 heteroatoms. The maximum atomic E-state index is 13.3. The molecule has 4 rings (SSSR count). The van der Waals surface area contributed by atoms with Gasteiger partial charge in [0.15, 0.2) is 11.4 Å². The standard InChI is InChI=1S/C21H28O6/c1-19-6-5-12(23)7-11(19)3-4-13-14-8-16(25)21(27,17(26)10-22)20(14,2)9-15(24)18(13)19/h8,11,13-14,18,22,25,27H,3-7,9-10H2,1-2H3/t11?,13-,14-,18+,19-,20-,21-/m0/s1. The molecular formula is C21H28O6. The van der Waals surface area contributed by atoms with Crippen LogP contribution in [0.1, 0.15) is 52.4 Å². The van der Waals surface area contributed by atoms with Gasteiger partial charge in [0.2, 0.25) is 0 Å². The molecule has 0 spiro atoms. The van der Waals surface area contributed by atoms with Crippen LogP contribution >= 0.6 is 0 Å². The Morgan fingerprint density at radius 3 is 2.63 bits per heavy atom. The summed E-state index contributed by atoms with van der Waals surface area (Å²) in [4.78, 5) is 37.6. The smallest absolute Gasteiger partial charge is 0.197 e. The summed E-state index contributed by atoms with van der Waals surface area (Å²) in [6, 6.07) is 0. The minimum absolute atomic E-state index is 0.00700. The van der Waals surface area contributed by atoms with E-state index >= 15 is 0 Å². The van der Waals surface area contributed by atoms with Gasteiger partial charge in [0.25, 0.3) is 0 Å². The van der Waals surface area contributed by atoms with E-state index in [0.717, 1.165) is 12.8 Å². The number of hydrogen-bond donors (Lipinski definition) is 3. The second-order valence-corrected chi connectivity index (χ2v) is 9.59. The fourth-order valence-corrected chi connectivity index (χ4v) is 7.00. The maximum Gasteiger partial charge on any atom is 0.197 e. The van der Waals surface area contributed by atoms with Crippen LogP contribution in [0.25, 0.3) is 0 Å². The number of Topliss-reactive ketones (excluding diaryl/α,β-unsaturated/α-hetero) is 3. The van der Waals surface area contributed by atoms with Gasteiger partial charge in [-0.1, -0.05) is 13.8 Å². The first-order valence-corrected chi connectivity index (χ1v) is 9.92. The number of hydrogen-bond acceptors (Lipinski definition) is 6. The summed E-state index contributed by atoms with van der Waals surface area (Å²) in [7, 11) is 0. The van der Waals surface area contributed by atoms with Crippen molar-refractivity contribution in [3.63, 3.8) is 0 Å². The second-order valence-electron chi connectivity index (χ2n) is 9.59. The molecule has 27 heavy (non-hydrogen) atoms. The molecule has 4 aliphatic carbocycles. The third-order valence-electron chi connectivity index (χ3n) is 8.50. The van der Waals surface area contributed by atoms with Crippen molar-refractivity contribution in [1.82, 2.24) is 0 Å². The van der Waals surface area contributed by atoms with Crippen molar-refractivity contribution in [1.29, 1.82) is 0 Å². The molecular weight excluding hydrogens is 348 g/mol. The third kappa shape index (κ3) is 2.17. The van der Waals surface area contributed by atoms with E-state index in [4.69, 9.17) is 0 Å². The van der Waals surface area contributed by atoms with Gasteiger partial charge < -0.3 is 15.3 Å². The Morgan fingerprint density at radius 1 is 1.26 bits per heavy atom. The van der Waals surface area contributed by atoms with Crippen LogP contribution in [0.15, 0.2) is 11.8 Å². The summed E-state index contributed by atoms with van der Waals surface area (Å²) in [5.41, 5.74) is -3.61. The van der Waals surface area contributed by atoms with Crippen LogP contribution in [0.3, 0.4) is 0 Å². The SMILES string of the molecule is C[C@]12CCC(=O)CC1CC[C@@H]1[C@@H]2C(=O)C[C@@]2(C)[C@H]1C=C(O)[C@]2(O)C(=O)CO. The quantitative estimate of drug-likeness (QED) is 0.677. The van der Waals surface area contributed by atoms with Gasteiger partial charge in [-0.25, -0.2) is 0 Å². The highest BCUT2D eigenvalue weighted by molar-refractivity contribution is 5.95. The predicted octanol–water partition coefficient (Wildman–Crippen LogP) is 1.73. The van der Waals surface area contributed by atoms with Crippen LogP contribution in [0, 0.1) is 34.5 Å². The monoisotopic (exact) mass is 376 g/mol. The molecule has 0 saturated heterocycles. The predicted molar refractivity (Wildman–Crippen MR) is 95.6 cm³/mol. The molecule has 0 aromatic carbocycles. The van der Waals surface area contributed by atoms with E-state index in [1.807, 2.05) is 0 Å². The molecule has 0 amide bonds. The van der Waals surface area contributed by atoms with Gasteiger partial charge in [-0.3, -0.25) is 14.4 Å². The molecule has 4 aliphatic rings. The molecule has 0 heterocycles. The van der Waals surface area contributed by atoms with Gasteiger partial charge in [0.1, 0.15) is 23.9 Å². The van der Waals surface area contributed by atoms with E-state index in [9.17, 15) is 29.7 Å². The van der Waals surface area contributed by atoms with E-state index in [-0.39, 0.29) is 47.1 Å². The van der Waals surface area contributed by atoms with Crippen molar-refractivity contribution >= 4 is 17.3 Å². The molecule has 7 atom stereocenters. The molecule has 0 aromatic rings. The number of aliphatic hydroxyl groups is 3. The van der Waals surface area contributed by atoms with Crippen molar-refractivity contribution in [3.8, 4) is 0 Å². The van der Waals surface area contributed by atoms with Crippen LogP contribution in [0.4, 0.5) is 0 Å². The van der Waals surface area contributed by atoms with E-state index in [1.165, 1.54) is 0 Å². The van der Waals surface area contributed by atoms with Crippen LogP contribution < -0.4 is 0 Å². The van der Waals surface area contributed by atoms with Crippen molar-refractivity contribution in [2.24, 2.45) is 34.5 Å². The first-order chi connectivity index (χ1) is 12.6. The lowest BCUT2D eigenvalue weighted by molar-refractivity contribution is -0.178. The number of rotatable bonds is 2. The largest absolute Gasteiger partial charge is 0.509 e. The molecule has 3 N–H and O–H groups in total. The average molecular weight is 376 g/mol. The fraction of sp³-hybridized carbons (Fsp3) is 0.762. The Kier molecular flexibility index (Phi) is 4.00. The van der Waals surface area contributed by atoms with Gasteiger partial charge in [-0.05, 0) is 48.5 Å². The zero-order chi connectivity index (χ0) is 19.8. The highest BCUT2D eigenvalue weighted by atomic mass is 16.4. The number of carbonyl (C=O) groups is 3. The zero-order valence-electron chi connectivity index (χ0n) is 15.9. The Bertz CT molecular complexity index is 756. The van der Waals surface area contributed by atoms with Crippen LogP contribution in [-0.4, -0.2) is 44.9 Å². The van der Waals surface area contributed by atoms with Gasteiger partial charge in [-0.15, -0.1) is 0 Å². The first kappa shape index (κ1) is 18.8. The van der Waals surface area contributed by atoms with Gasteiger partial charge in [0.05, 0.1) is 0 Å². The first-order valence-electron chi connectivity index (χ1n) is 9.92. The topological polar surface area (TPSA) is 112 Å². The molecule has 0 bridgehead atoms. The number of aliphatic hydroxyl groups excluding tert-OH is 2. The van der Waals surface area contributed by atoms with Crippen LogP contribution in [-0.2, 0) is 14.4 Å². The third-order valence-corrected chi connectivity index (χ3v) is 8.50. The average Bonchev–Trinajstić information content (AvgIpc) is 2.82. The lowest BCUT2D eigenvalue weighted by Gasteiger charge is -2.59. The Balaban J connectivity index is 1.76. The number of allylic oxidation sites excluding steroid dienone is 1. The molecule has 0 radical (unpaired) electrons. The number of carbonyl (C=O) groups excluding carboxylic acids is 3. The van der Waals surface area contributed by atoms with E-state index in [1.54, 1.807) is 13.0 Å². The Hall–Kier alpha value is -1.53. The fourth-order valence-electron chi connectivity index (χ4n) is 7.00. The Morgan fingerprint density at radius 2 is 1.96 bits per heavy atom. The molecule has 148 valence electrons. The lowest BCUT2D eigenvalue weighted by Crippen LogP contribution is -2.63. The molecule has 0 aromatic heterocycles. The summed E-state index contributed by atoms with van der Waals surface area (Å²) in [6.45, 7) is 2.91. The molecule has 0 aliphatic heterocycles. The van der Waals surface area contributed by atoms with Crippen LogP contribution in [0.5, 0.6) is 0 Å². The van der Waals surface area contributed by atoms with E-state index in [2.05, 4.69) is 6.92 Å². The normalized spacial score (nSPS) is 49.1. The van der Waals surface area contributed by atoms with E-state index < -0.39 is 29.2 Å². The van der Waals surface area contributed by atoms with Gasteiger partial charge in [0, 0.05) is 30.6 Å². The summed E-state index contributed by atoms with van der Waals surface area (Å²) in [6.07, 6.45) is 4.83. The summed E-state index contributed by atoms with van der Waals surface area (Å²) in [5.74, 6) is -1.44. The minimum Gasteiger partial charge on any atom is -0.509 e. The van der Waals surface area contributed by atoms with Crippen molar-refractivity contribution < 1.29 is 29.7 Å². The van der Waals surface area contributed by atoms with Crippen LogP contribution in [0.2, 0.25) is 0 Å². The minimum atomic E-state index is -2.21. The van der Waals surface area contributed by atoms with Crippen molar-refractivity contribution in [2.45, 2.75) is 58.0 Å². The molecule has 3 fully saturated rings. The van der Waals surface area contributed by atoms with E-state index in [0.29, 0.717) is 19.3 Å². The summed E-state index contributed by atoms with van der Waals surface area (Å²) in [5, 5.41) is 30.9. The highest BCUT2D eigenvalue weighted by Crippen LogP contribution is 2.66. The number of ketones is 3. The van der Waals surface area contributed by atoms with Crippen molar-refractivity contribution in [2.75, 3.05) is 6.61 Å². The molecule has 3 saturated carbocycles. The summed E-state index contributed by atoms with van der Waals surface area (Å²) >= 11 is 0. The number of fused-ring (bicyclic) bond motifs is 5. The molecule has 6 nitrogen and oxygen atoms in total. The lowest BCUT2D eigenvalue weighted by atomic mass is 9.43. The summed E-state index contributed by atoms with van der Waals surface area (Å²) < 4.78 is 0. The maximum absolute atomic E-state index is 13.3. The van der Waals surface area contributed by atoms with Crippen molar-refractivity contribution in [3.05, 3.63) is 11.8 Å². The molecule has 1 unspecified atom stereocenters. The second kappa shape index (κ2) is 5.74. The Labute approximate surface area is 158 Å². The highest BCUT2D eigenvalue weighted by Gasteiger charge is 2.70.